The molecule has 0 saturated heterocycles. The Kier molecular flexibility index (Phi) is 3.93. The van der Waals surface area contributed by atoms with Crippen molar-refractivity contribution in [1.82, 2.24) is 0 Å². The maximum atomic E-state index is 7.01. The van der Waals surface area contributed by atoms with E-state index in [0.717, 1.165) is 0 Å². The largest absolute Gasteiger partial charge is 0.321 e. The van der Waals surface area contributed by atoms with E-state index in [-0.39, 0.29) is 5.54 Å². The topological polar surface area (TPSA) is 26.0 Å². The third kappa shape index (κ3) is 2.58. The van der Waals surface area contributed by atoms with Gasteiger partial charge in [0.2, 0.25) is 0 Å². The molecule has 0 spiro atoms. The smallest absolute Gasteiger partial charge is 0.0440 e. The molecule has 3 rings (SSSR count). The fourth-order valence-corrected chi connectivity index (χ4v) is 4.28. The van der Waals surface area contributed by atoms with Crippen LogP contribution in [-0.4, -0.2) is 0 Å². The van der Waals surface area contributed by atoms with E-state index < -0.39 is 0 Å². The van der Waals surface area contributed by atoms with E-state index in [1.54, 1.807) is 0 Å². The molecule has 1 atom stereocenters. The lowest BCUT2D eigenvalue weighted by Crippen LogP contribution is -2.44. The summed E-state index contributed by atoms with van der Waals surface area (Å²) in [5, 5.41) is 0. The number of fused-ring (bicyclic) bond motifs is 1. The van der Waals surface area contributed by atoms with Crippen LogP contribution in [0.3, 0.4) is 0 Å². The lowest BCUT2D eigenvalue weighted by molar-refractivity contribution is 0.227. The minimum absolute atomic E-state index is 0.0442. The lowest BCUT2D eigenvalue weighted by atomic mass is 9.72. The third-order valence-corrected chi connectivity index (χ3v) is 5.39. The first-order chi connectivity index (χ1) is 9.31. The molecule has 1 aromatic rings. The molecule has 1 saturated carbocycles. The second-order valence-electron chi connectivity index (χ2n) is 6.59. The summed E-state index contributed by atoms with van der Waals surface area (Å²) in [5.74, 6) is 0.703. The highest BCUT2D eigenvalue weighted by Crippen LogP contribution is 2.43. The lowest BCUT2D eigenvalue weighted by Gasteiger charge is -2.38. The van der Waals surface area contributed by atoms with Crippen LogP contribution in [0.1, 0.15) is 68.9 Å². The molecule has 0 amide bonds. The molecule has 1 heteroatoms. The van der Waals surface area contributed by atoms with Crippen molar-refractivity contribution in [2.45, 2.75) is 69.7 Å². The standard InChI is InChI=1S/C18H27N/c19-18(16-11-3-1-2-4-12-16)14-8-7-10-15-9-5-6-13-17(15)18/h5-6,9,13,16H,1-4,7-8,10-12,14,19H2. The van der Waals surface area contributed by atoms with Crippen LogP contribution in [0, 0.1) is 5.92 Å². The monoisotopic (exact) mass is 257 g/mol. The summed E-state index contributed by atoms with van der Waals surface area (Å²) in [6.45, 7) is 0. The fourth-order valence-electron chi connectivity index (χ4n) is 4.28. The van der Waals surface area contributed by atoms with Crippen LogP contribution < -0.4 is 5.73 Å². The average Bonchev–Trinajstić information content (AvgIpc) is 2.80. The number of benzene rings is 1. The van der Waals surface area contributed by atoms with E-state index in [1.165, 1.54) is 75.3 Å². The van der Waals surface area contributed by atoms with Gasteiger partial charge in [-0.1, -0.05) is 56.4 Å². The van der Waals surface area contributed by atoms with Crippen LogP contribution in [-0.2, 0) is 12.0 Å². The summed E-state index contributed by atoms with van der Waals surface area (Å²) >= 11 is 0. The van der Waals surface area contributed by atoms with Gasteiger partial charge in [0.05, 0.1) is 0 Å². The predicted molar refractivity (Wildman–Crippen MR) is 81.1 cm³/mol. The minimum Gasteiger partial charge on any atom is -0.321 e. The Balaban J connectivity index is 1.96. The van der Waals surface area contributed by atoms with Crippen molar-refractivity contribution in [3.8, 4) is 0 Å². The molecule has 1 aromatic carbocycles. The van der Waals surface area contributed by atoms with E-state index in [9.17, 15) is 0 Å². The Bertz CT molecular complexity index is 417. The van der Waals surface area contributed by atoms with Crippen molar-refractivity contribution >= 4 is 0 Å². The summed E-state index contributed by atoms with van der Waals surface area (Å²) in [6.07, 6.45) is 13.3. The zero-order valence-electron chi connectivity index (χ0n) is 12.0. The van der Waals surface area contributed by atoms with Crippen molar-refractivity contribution in [1.29, 1.82) is 0 Å². The van der Waals surface area contributed by atoms with Gasteiger partial charge in [-0.3, -0.25) is 0 Å². The molecule has 104 valence electrons. The maximum absolute atomic E-state index is 7.01. The number of aryl methyl sites for hydroxylation is 1. The van der Waals surface area contributed by atoms with Gasteiger partial charge in [-0.15, -0.1) is 0 Å². The van der Waals surface area contributed by atoms with Crippen molar-refractivity contribution in [2.75, 3.05) is 0 Å². The van der Waals surface area contributed by atoms with Gasteiger partial charge in [0, 0.05) is 5.54 Å². The quantitative estimate of drug-likeness (QED) is 0.580. The van der Waals surface area contributed by atoms with Gasteiger partial charge in [0.15, 0.2) is 0 Å². The van der Waals surface area contributed by atoms with Crippen molar-refractivity contribution < 1.29 is 0 Å². The molecule has 2 aliphatic carbocycles. The summed E-state index contributed by atoms with van der Waals surface area (Å²) in [7, 11) is 0. The Morgan fingerprint density at radius 3 is 2.42 bits per heavy atom. The van der Waals surface area contributed by atoms with E-state index >= 15 is 0 Å². The molecular formula is C18H27N. The van der Waals surface area contributed by atoms with Gasteiger partial charge in [0.1, 0.15) is 0 Å². The molecule has 0 aliphatic heterocycles. The van der Waals surface area contributed by atoms with Crippen LogP contribution in [0.2, 0.25) is 0 Å². The normalized spacial score (nSPS) is 29.3. The second kappa shape index (κ2) is 5.66. The minimum atomic E-state index is -0.0442. The molecule has 0 bridgehead atoms. The van der Waals surface area contributed by atoms with Crippen molar-refractivity contribution in [3.63, 3.8) is 0 Å². The molecule has 0 heterocycles. The molecule has 2 aliphatic rings. The van der Waals surface area contributed by atoms with Gasteiger partial charge in [-0.05, 0) is 49.1 Å². The number of nitrogens with two attached hydrogens (primary N) is 1. The van der Waals surface area contributed by atoms with Crippen LogP contribution >= 0.6 is 0 Å². The molecule has 0 radical (unpaired) electrons. The Labute approximate surface area is 117 Å². The SMILES string of the molecule is NC1(C2CCCCCC2)CCCCc2ccccc21. The fraction of sp³-hybridized carbons (Fsp3) is 0.667. The number of hydrogen-bond acceptors (Lipinski definition) is 1. The summed E-state index contributed by atoms with van der Waals surface area (Å²) in [6, 6.07) is 8.98. The van der Waals surface area contributed by atoms with E-state index in [2.05, 4.69) is 24.3 Å². The van der Waals surface area contributed by atoms with E-state index in [1.807, 2.05) is 0 Å². The zero-order valence-corrected chi connectivity index (χ0v) is 12.0. The molecule has 19 heavy (non-hydrogen) atoms. The van der Waals surface area contributed by atoms with Gasteiger partial charge in [0.25, 0.3) is 0 Å². The van der Waals surface area contributed by atoms with Crippen molar-refractivity contribution in [2.24, 2.45) is 11.7 Å². The predicted octanol–water partition coefficient (Wildman–Crippen LogP) is 4.54. The summed E-state index contributed by atoms with van der Waals surface area (Å²) < 4.78 is 0. The zero-order chi connectivity index (χ0) is 13.1. The van der Waals surface area contributed by atoms with Crippen LogP contribution in [0.5, 0.6) is 0 Å². The molecule has 1 nitrogen and oxygen atoms in total. The Morgan fingerprint density at radius 2 is 1.63 bits per heavy atom. The van der Waals surface area contributed by atoms with Crippen LogP contribution in [0.4, 0.5) is 0 Å². The third-order valence-electron chi connectivity index (χ3n) is 5.39. The average molecular weight is 257 g/mol. The first kappa shape index (κ1) is 13.2. The molecule has 1 fully saturated rings. The van der Waals surface area contributed by atoms with Gasteiger partial charge < -0.3 is 5.73 Å². The Hall–Kier alpha value is -0.820. The summed E-state index contributed by atoms with van der Waals surface area (Å²) in [5.41, 5.74) is 9.96. The van der Waals surface area contributed by atoms with Crippen molar-refractivity contribution in [3.05, 3.63) is 35.4 Å². The summed E-state index contributed by atoms with van der Waals surface area (Å²) in [4.78, 5) is 0. The highest BCUT2D eigenvalue weighted by Gasteiger charge is 2.38. The van der Waals surface area contributed by atoms with Crippen LogP contribution in [0.25, 0.3) is 0 Å². The van der Waals surface area contributed by atoms with Gasteiger partial charge in [-0.25, -0.2) is 0 Å². The second-order valence-corrected chi connectivity index (χ2v) is 6.59. The maximum Gasteiger partial charge on any atom is 0.0440 e. The van der Waals surface area contributed by atoms with Gasteiger partial charge in [-0.2, -0.15) is 0 Å². The van der Waals surface area contributed by atoms with Gasteiger partial charge >= 0.3 is 0 Å². The number of hydrogen-bond donors (Lipinski definition) is 1. The highest BCUT2D eigenvalue weighted by molar-refractivity contribution is 5.35. The Morgan fingerprint density at radius 1 is 0.895 bits per heavy atom. The highest BCUT2D eigenvalue weighted by atomic mass is 14.8. The number of rotatable bonds is 1. The van der Waals surface area contributed by atoms with E-state index in [4.69, 9.17) is 5.73 Å². The molecule has 2 N–H and O–H groups in total. The molecular weight excluding hydrogens is 230 g/mol. The first-order valence-electron chi connectivity index (χ1n) is 8.18. The first-order valence-corrected chi connectivity index (χ1v) is 8.18. The molecule has 0 aromatic heterocycles. The molecule has 1 unspecified atom stereocenters. The van der Waals surface area contributed by atoms with E-state index in [0.29, 0.717) is 5.92 Å². The van der Waals surface area contributed by atoms with Crippen LogP contribution in [0.15, 0.2) is 24.3 Å².